The molecule has 0 saturated carbocycles. The molecule has 0 radical (unpaired) electrons. The molecule has 1 amide bonds. The maximum atomic E-state index is 12.0. The minimum atomic E-state index is -0.943. The lowest BCUT2D eigenvalue weighted by Crippen LogP contribution is -2.20. The van der Waals surface area contributed by atoms with Crippen molar-refractivity contribution in [1.29, 1.82) is 10.5 Å². The summed E-state index contributed by atoms with van der Waals surface area (Å²) in [6, 6.07) is 48.0. The molecule has 1 aromatic heterocycles. The van der Waals surface area contributed by atoms with Gasteiger partial charge in [-0.05, 0) is 48.5 Å². The molecule has 96 heavy (non-hydrogen) atoms. The number of carboxylic acid groups (broad SMARTS) is 1. The second-order valence-corrected chi connectivity index (χ2v) is 19.0. The van der Waals surface area contributed by atoms with E-state index in [1.165, 1.54) is 49.4 Å². The zero-order valence-corrected chi connectivity index (χ0v) is 48.8. The number of nitro benzene ring substituents is 4. The molecule has 0 unspecified atom stereocenters. The van der Waals surface area contributed by atoms with E-state index in [0.29, 0.717) is 79.2 Å². The number of nitrogens with two attached hydrogens (primary N) is 1. The number of ketones is 3. The van der Waals surface area contributed by atoms with E-state index in [-0.39, 0.29) is 102 Å². The number of carbonyl (C=O) groups is 5. The van der Waals surface area contributed by atoms with Crippen LogP contribution in [0.5, 0.6) is 0 Å². The molecule has 8 aromatic rings. The third-order valence-electron chi connectivity index (χ3n) is 12.8. The molecule has 3 aliphatic heterocycles. The molecule has 4 heterocycles. The van der Waals surface area contributed by atoms with Crippen LogP contribution in [0.3, 0.4) is 0 Å². The van der Waals surface area contributed by atoms with Crippen LogP contribution in [0.15, 0.2) is 170 Å². The summed E-state index contributed by atoms with van der Waals surface area (Å²) in [5, 5.41) is 80.4. The minimum absolute atomic E-state index is 0. The number of para-hydroxylation sites is 9. The van der Waals surface area contributed by atoms with Crippen molar-refractivity contribution in [3.05, 3.63) is 228 Å². The molecule has 0 saturated heterocycles. The number of aromatic nitrogens is 2. The molecule has 506 valence electrons. The number of nitro groups is 4. The number of hydrogen-bond acceptors (Lipinski definition) is 21. The third-order valence-corrected chi connectivity index (χ3v) is 12.8. The molecule has 0 aliphatic carbocycles. The number of nitrogens with one attached hydrogen (secondary N) is 5. The Morgan fingerprint density at radius 2 is 1.04 bits per heavy atom. The van der Waals surface area contributed by atoms with Gasteiger partial charge in [0.25, 0.3) is 22.7 Å². The number of anilines is 6. The van der Waals surface area contributed by atoms with Crippen LogP contribution in [0.25, 0.3) is 22.4 Å². The van der Waals surface area contributed by atoms with E-state index in [1.54, 1.807) is 78.9 Å². The second kappa shape index (κ2) is 42.4. The number of carbonyl (C=O) groups excluding carboxylic acids is 4. The van der Waals surface area contributed by atoms with Gasteiger partial charge in [-0.1, -0.05) is 129 Å². The number of benzene rings is 7. The first-order valence-corrected chi connectivity index (χ1v) is 27.5. The van der Waals surface area contributed by atoms with Crippen LogP contribution >= 0.6 is 0 Å². The van der Waals surface area contributed by atoms with Gasteiger partial charge in [0, 0.05) is 112 Å². The Kier molecular flexibility index (Phi) is 36.7. The molecule has 28 heteroatoms. The molecule has 7 aromatic carbocycles. The van der Waals surface area contributed by atoms with Gasteiger partial charge in [-0.15, -0.1) is 0 Å². The zero-order chi connectivity index (χ0) is 66.4. The number of allylic oxidation sites excluding steroid dienone is 1. The maximum absolute atomic E-state index is 12.0. The number of imidazole rings is 1. The number of nitriles is 2. The highest BCUT2D eigenvalue weighted by molar-refractivity contribution is 6.09. The number of carboxylic acids is 1. The van der Waals surface area contributed by atoms with Gasteiger partial charge in [-0.25, -0.2) is 4.98 Å². The average Bonchev–Trinajstić information content (AvgIpc) is 1.59. The van der Waals surface area contributed by atoms with E-state index < -0.39 is 25.7 Å². The molecule has 0 spiro atoms. The average molecular weight is 1320 g/mol. The number of Topliss-reactive ketones (excluding diaryl/α,β-unsaturated/α-hetero) is 3. The van der Waals surface area contributed by atoms with Crippen LogP contribution in [-0.4, -0.2) is 89.8 Å². The van der Waals surface area contributed by atoms with E-state index in [4.69, 9.17) is 26.3 Å². The van der Waals surface area contributed by atoms with Crippen LogP contribution in [0.1, 0.15) is 107 Å². The van der Waals surface area contributed by atoms with Gasteiger partial charge in [-0.2, -0.15) is 10.5 Å². The van der Waals surface area contributed by atoms with E-state index >= 15 is 0 Å². The summed E-state index contributed by atoms with van der Waals surface area (Å²) in [5.74, 6) is 0.177. The molecule has 11 rings (SSSR count). The van der Waals surface area contributed by atoms with Gasteiger partial charge in [0.05, 0.1) is 67.1 Å². The lowest BCUT2D eigenvalue weighted by atomic mass is 10.0. The van der Waals surface area contributed by atoms with Gasteiger partial charge in [-0.3, -0.25) is 64.4 Å². The first kappa shape index (κ1) is 83.3. The highest BCUT2D eigenvalue weighted by atomic mass is 16.6. The summed E-state index contributed by atoms with van der Waals surface area (Å²) in [5.41, 5.74) is 12.8. The number of nitrogen functional groups attached to an aromatic ring is 1. The summed E-state index contributed by atoms with van der Waals surface area (Å²) >= 11 is 0. The fourth-order valence-corrected chi connectivity index (χ4v) is 8.81. The van der Waals surface area contributed by atoms with Crippen molar-refractivity contribution in [1.82, 2.24) is 9.55 Å². The van der Waals surface area contributed by atoms with Crippen molar-refractivity contribution in [3.8, 4) is 23.5 Å². The van der Waals surface area contributed by atoms with Crippen LogP contribution in [-0.2, 0) is 16.1 Å². The van der Waals surface area contributed by atoms with Crippen molar-refractivity contribution in [3.63, 3.8) is 0 Å². The van der Waals surface area contributed by atoms with E-state index in [0.717, 1.165) is 40.2 Å². The predicted octanol–water partition coefficient (Wildman–Crippen LogP) is 15.0. The van der Waals surface area contributed by atoms with Gasteiger partial charge < -0.3 is 42.0 Å². The van der Waals surface area contributed by atoms with Crippen molar-refractivity contribution >= 4 is 97.1 Å². The Balaban J connectivity index is 0.00000111. The topological polar surface area (TPSA) is 430 Å². The molecule has 0 atom stereocenters. The highest BCUT2D eigenvalue weighted by Gasteiger charge is 2.26. The first-order chi connectivity index (χ1) is 43.7. The van der Waals surface area contributed by atoms with Crippen LogP contribution in [0.4, 0.5) is 56.9 Å². The molecule has 8 N–H and O–H groups in total. The molecule has 0 bridgehead atoms. The Bertz CT molecular complexity index is 4060. The van der Waals surface area contributed by atoms with Gasteiger partial charge >= 0.3 is 5.97 Å². The number of hydrogen-bond donors (Lipinski definition) is 7. The fraction of sp³-hybridized carbons (Fsp3) is 0.235. The summed E-state index contributed by atoms with van der Waals surface area (Å²) in [6.45, 7) is 6.97. The predicted molar refractivity (Wildman–Crippen MR) is 375 cm³/mol. The number of aryl methyl sites for hydroxylation is 1. The van der Waals surface area contributed by atoms with Crippen LogP contribution in [0.2, 0.25) is 0 Å². The van der Waals surface area contributed by atoms with E-state index in [2.05, 4.69) is 49.9 Å². The number of nitrogens with zero attached hydrogens (tertiary/aromatic N) is 8. The van der Waals surface area contributed by atoms with Crippen molar-refractivity contribution < 1.29 is 48.8 Å². The van der Waals surface area contributed by atoms with Crippen molar-refractivity contribution in [2.24, 2.45) is 0 Å². The van der Waals surface area contributed by atoms with Gasteiger partial charge in [0.2, 0.25) is 5.91 Å². The first-order valence-electron chi connectivity index (χ1n) is 27.5. The SMILES string of the molecule is C.C.C.C.C.C=CC#N.CC(=O)Nc1cccc2c1NCCC2=O.N#CCCNc1ccccc1[N+](=O)[O-].Nc1ccccc1[N+](=O)[O-].O=C(O)CCNc1ccccc1[N+](=O)[O-].O=C1CCNc2c1cccc2[N+](=O)[O-].O=C1CCn2c(-c3ccccc3)nc3cccc1c32. The fourth-order valence-electron chi connectivity index (χ4n) is 8.81. The maximum Gasteiger partial charge on any atom is 0.305 e. The summed E-state index contributed by atoms with van der Waals surface area (Å²) < 4.78 is 2.17. The number of rotatable bonds is 13. The van der Waals surface area contributed by atoms with Gasteiger partial charge in [0.15, 0.2) is 17.3 Å². The lowest BCUT2D eigenvalue weighted by molar-refractivity contribution is -0.384. The second-order valence-electron chi connectivity index (χ2n) is 19.0. The minimum Gasteiger partial charge on any atom is -0.481 e. The summed E-state index contributed by atoms with van der Waals surface area (Å²) in [7, 11) is 0. The van der Waals surface area contributed by atoms with Crippen LogP contribution in [0, 0.1) is 63.1 Å². The Labute approximate surface area is 556 Å². The molecular formula is C68H80N14O14. The van der Waals surface area contributed by atoms with Crippen molar-refractivity contribution in [2.45, 2.75) is 82.7 Å². The van der Waals surface area contributed by atoms with E-state index in [1.807, 2.05) is 42.5 Å². The van der Waals surface area contributed by atoms with E-state index in [9.17, 15) is 64.4 Å². The Hall–Kier alpha value is -12.7. The monoisotopic (exact) mass is 1320 g/mol. The normalized spacial score (nSPS) is 11.0. The third kappa shape index (κ3) is 24.1. The molecule has 0 fully saturated rings. The standard InChI is InChI=1S/C16H12N2O.C11H12N2O2.C9H9N3O2.C9H10N2O4.C9H8N2O3.C6H6N2O2.C3H3N.5CH4/c19-14-9-10-18-15-12(14)7-4-8-13(15)17-16(18)11-5-2-1-3-6-11;1-7(14)13-9-4-2-3-8-10(15)5-6-12-11(8)9;10-6-3-7-11-8-4-1-2-5-9(8)12(13)14;12-9(13)5-6-10-7-3-1-2-4-8(7)11(14)15;12-8-4-5-10-9-6(8)2-1-3-7(9)11(13)14;7-5-3-1-2-4-6(5)8(9)10;1-2-3-4;;;;;/h1-8H,9-10H2;2-4,12H,5-6H2,1H3,(H,13,14);1-2,4-5,11H,3,7H2;1-4,10H,5-6H2,(H,12,13);1-3,10H,4-5H2;1-4H,7H2;2H,1H2;5*1H4. The Morgan fingerprint density at radius 1 is 0.604 bits per heavy atom. The zero-order valence-electron chi connectivity index (χ0n) is 48.8. The quantitative estimate of drug-likeness (QED) is 0.0185. The van der Waals surface area contributed by atoms with Gasteiger partial charge in [0.1, 0.15) is 28.6 Å². The number of aliphatic carboxylic acids is 1. The van der Waals surface area contributed by atoms with Crippen LogP contribution < -0.4 is 32.3 Å². The number of fused-ring (bicyclic) bond motifs is 2. The Morgan fingerprint density at radius 3 is 1.54 bits per heavy atom. The molecule has 28 nitrogen and oxygen atoms in total. The van der Waals surface area contributed by atoms with Crippen molar-refractivity contribution in [2.75, 3.05) is 58.5 Å². The highest BCUT2D eigenvalue weighted by Crippen LogP contribution is 2.34. The molecule has 3 aliphatic rings. The summed E-state index contributed by atoms with van der Waals surface area (Å²) in [4.78, 5) is 101. The summed E-state index contributed by atoms with van der Waals surface area (Å²) in [6.07, 6.45) is 2.89. The lowest BCUT2D eigenvalue weighted by Gasteiger charge is -2.20. The molecular weight excluding hydrogens is 1240 g/mol. The number of amides is 1. The smallest absolute Gasteiger partial charge is 0.305 e. The largest absolute Gasteiger partial charge is 0.481 e.